The van der Waals surface area contributed by atoms with Crippen molar-refractivity contribution in [1.29, 1.82) is 0 Å². The molecular weight excluding hydrogens is 382 g/mol. The number of benzene rings is 1. The molecule has 2 amide bonds. The molecule has 0 fully saturated rings. The Labute approximate surface area is 174 Å². The molecule has 0 aliphatic carbocycles. The zero-order valence-corrected chi connectivity index (χ0v) is 17.0. The van der Waals surface area contributed by atoms with E-state index in [1.807, 2.05) is 38.1 Å². The normalized spacial score (nSPS) is 10.4. The summed E-state index contributed by atoms with van der Waals surface area (Å²) in [5, 5.41) is 8.43. The monoisotopic (exact) mass is 405 g/mol. The van der Waals surface area contributed by atoms with E-state index in [4.69, 9.17) is 0 Å². The molecule has 0 aliphatic rings. The number of hydrogen-bond acceptors (Lipinski definition) is 5. The number of para-hydroxylation sites is 1. The Bertz CT molecular complexity index is 1150. The van der Waals surface area contributed by atoms with Gasteiger partial charge in [0.25, 0.3) is 17.4 Å². The number of hydrogen-bond donors (Lipinski definition) is 3. The van der Waals surface area contributed by atoms with E-state index < -0.39 is 5.91 Å². The summed E-state index contributed by atoms with van der Waals surface area (Å²) in [5.41, 5.74) is 1.98. The standard InChI is InChI=1S/C22H23N5O3/c1-4-27-11-7-9-16(22(27)30)21(29)26-18-12-15(20(28)23-3)13-24-19(18)25-17-10-6-5-8-14(17)2/h5-13H,4H2,1-3H3,(H,23,28)(H,24,25)(H,26,29). The van der Waals surface area contributed by atoms with Crippen molar-refractivity contribution in [1.82, 2.24) is 14.9 Å². The second-order valence-corrected chi connectivity index (χ2v) is 6.61. The van der Waals surface area contributed by atoms with Crippen LogP contribution in [0.25, 0.3) is 0 Å². The van der Waals surface area contributed by atoms with Crippen LogP contribution in [0.3, 0.4) is 0 Å². The number of rotatable bonds is 6. The van der Waals surface area contributed by atoms with Crippen molar-refractivity contribution in [2.75, 3.05) is 17.7 Å². The lowest BCUT2D eigenvalue weighted by atomic mass is 10.2. The molecule has 30 heavy (non-hydrogen) atoms. The molecule has 3 N–H and O–H groups in total. The first kappa shape index (κ1) is 20.8. The van der Waals surface area contributed by atoms with Crippen molar-refractivity contribution in [3.8, 4) is 0 Å². The summed E-state index contributed by atoms with van der Waals surface area (Å²) >= 11 is 0. The van der Waals surface area contributed by atoms with Gasteiger partial charge in [-0.1, -0.05) is 18.2 Å². The van der Waals surface area contributed by atoms with Gasteiger partial charge in [-0.15, -0.1) is 0 Å². The van der Waals surface area contributed by atoms with Crippen LogP contribution in [-0.2, 0) is 6.54 Å². The fourth-order valence-electron chi connectivity index (χ4n) is 2.92. The maximum absolute atomic E-state index is 12.8. The zero-order valence-electron chi connectivity index (χ0n) is 17.0. The Hall–Kier alpha value is -3.94. The second-order valence-electron chi connectivity index (χ2n) is 6.61. The van der Waals surface area contributed by atoms with Gasteiger partial charge in [0.2, 0.25) is 0 Å². The minimum absolute atomic E-state index is 0.00605. The average molecular weight is 405 g/mol. The number of nitrogens with zero attached hydrogens (tertiary/aromatic N) is 2. The van der Waals surface area contributed by atoms with E-state index >= 15 is 0 Å². The number of nitrogens with one attached hydrogen (secondary N) is 3. The number of pyridine rings is 2. The number of aromatic nitrogens is 2. The van der Waals surface area contributed by atoms with Gasteiger partial charge in [0.05, 0.1) is 11.3 Å². The Morgan fingerprint density at radius 1 is 1.07 bits per heavy atom. The van der Waals surface area contributed by atoms with Crippen LogP contribution in [0.5, 0.6) is 0 Å². The van der Waals surface area contributed by atoms with Gasteiger partial charge in [0.15, 0.2) is 5.82 Å². The molecule has 1 aromatic carbocycles. The quantitative estimate of drug-likeness (QED) is 0.585. The topological polar surface area (TPSA) is 105 Å². The molecular formula is C22H23N5O3. The predicted octanol–water partition coefficient (Wildman–Crippen LogP) is 2.93. The van der Waals surface area contributed by atoms with Gasteiger partial charge in [-0.3, -0.25) is 14.4 Å². The number of carbonyl (C=O) groups excluding carboxylic acids is 2. The molecule has 0 saturated heterocycles. The van der Waals surface area contributed by atoms with Gasteiger partial charge < -0.3 is 20.5 Å². The van der Waals surface area contributed by atoms with Crippen molar-refractivity contribution in [2.24, 2.45) is 0 Å². The van der Waals surface area contributed by atoms with Gasteiger partial charge >= 0.3 is 0 Å². The molecule has 0 aliphatic heterocycles. The van der Waals surface area contributed by atoms with Crippen LogP contribution >= 0.6 is 0 Å². The first-order valence-corrected chi connectivity index (χ1v) is 9.50. The SMILES string of the molecule is CCn1cccc(C(=O)Nc2cc(C(=O)NC)cnc2Nc2ccccc2C)c1=O. The van der Waals surface area contributed by atoms with Crippen molar-refractivity contribution in [3.63, 3.8) is 0 Å². The molecule has 2 aromatic heterocycles. The van der Waals surface area contributed by atoms with Crippen LogP contribution in [0.15, 0.2) is 59.7 Å². The highest BCUT2D eigenvalue weighted by Crippen LogP contribution is 2.26. The van der Waals surface area contributed by atoms with Crippen LogP contribution in [-0.4, -0.2) is 28.4 Å². The van der Waals surface area contributed by atoms with E-state index in [-0.39, 0.29) is 28.3 Å². The highest BCUT2D eigenvalue weighted by Gasteiger charge is 2.17. The molecule has 0 unspecified atom stereocenters. The highest BCUT2D eigenvalue weighted by atomic mass is 16.2. The fraction of sp³-hybridized carbons (Fsp3) is 0.182. The third kappa shape index (κ3) is 4.38. The molecule has 3 rings (SSSR count). The van der Waals surface area contributed by atoms with Gasteiger partial charge in [0.1, 0.15) is 5.56 Å². The summed E-state index contributed by atoms with van der Waals surface area (Å²) in [6.07, 6.45) is 3.04. The van der Waals surface area contributed by atoms with Crippen LogP contribution in [0.1, 0.15) is 33.2 Å². The lowest BCUT2D eigenvalue weighted by molar-refractivity contribution is 0.0961. The Morgan fingerprint density at radius 3 is 2.53 bits per heavy atom. The van der Waals surface area contributed by atoms with Crippen LogP contribution in [0, 0.1) is 6.92 Å². The molecule has 0 spiro atoms. The second kappa shape index (κ2) is 9.04. The largest absolute Gasteiger partial charge is 0.355 e. The van der Waals surface area contributed by atoms with Crippen LogP contribution < -0.4 is 21.5 Å². The van der Waals surface area contributed by atoms with E-state index in [0.29, 0.717) is 12.4 Å². The minimum atomic E-state index is -0.577. The van der Waals surface area contributed by atoms with Crippen molar-refractivity contribution in [2.45, 2.75) is 20.4 Å². The molecule has 0 saturated carbocycles. The minimum Gasteiger partial charge on any atom is -0.355 e. The van der Waals surface area contributed by atoms with Gasteiger partial charge in [-0.2, -0.15) is 0 Å². The summed E-state index contributed by atoms with van der Waals surface area (Å²) in [5.74, 6) is -0.558. The average Bonchev–Trinajstić information content (AvgIpc) is 2.75. The highest BCUT2D eigenvalue weighted by molar-refractivity contribution is 6.06. The molecule has 154 valence electrons. The molecule has 0 bridgehead atoms. The number of amides is 2. The van der Waals surface area contributed by atoms with E-state index in [1.54, 1.807) is 12.3 Å². The molecule has 3 aromatic rings. The summed E-state index contributed by atoms with van der Waals surface area (Å²) < 4.78 is 1.45. The lowest BCUT2D eigenvalue weighted by Gasteiger charge is -2.15. The zero-order chi connectivity index (χ0) is 21.7. The third-order valence-corrected chi connectivity index (χ3v) is 4.63. The molecule has 8 heteroatoms. The van der Waals surface area contributed by atoms with Crippen molar-refractivity contribution < 1.29 is 9.59 Å². The summed E-state index contributed by atoms with van der Waals surface area (Å²) in [4.78, 5) is 41.7. The number of aryl methyl sites for hydroxylation is 2. The van der Waals surface area contributed by atoms with E-state index in [0.717, 1.165) is 11.3 Å². The van der Waals surface area contributed by atoms with Gasteiger partial charge in [-0.25, -0.2) is 4.98 Å². The first-order chi connectivity index (χ1) is 14.4. The van der Waals surface area contributed by atoms with Crippen molar-refractivity contribution in [3.05, 3.63) is 81.9 Å². The fourth-order valence-corrected chi connectivity index (χ4v) is 2.92. The summed E-state index contributed by atoms with van der Waals surface area (Å²) in [7, 11) is 1.51. The predicted molar refractivity (Wildman–Crippen MR) is 116 cm³/mol. The maximum atomic E-state index is 12.8. The van der Waals surface area contributed by atoms with Crippen LogP contribution in [0.4, 0.5) is 17.2 Å². The maximum Gasteiger partial charge on any atom is 0.263 e. The Balaban J connectivity index is 2.00. The Morgan fingerprint density at radius 2 is 1.83 bits per heavy atom. The molecule has 2 heterocycles. The molecule has 8 nitrogen and oxygen atoms in total. The lowest BCUT2D eigenvalue weighted by Crippen LogP contribution is -2.28. The van der Waals surface area contributed by atoms with E-state index in [9.17, 15) is 14.4 Å². The Kier molecular flexibility index (Phi) is 6.26. The van der Waals surface area contributed by atoms with Crippen molar-refractivity contribution >= 4 is 29.0 Å². The number of anilines is 3. The van der Waals surface area contributed by atoms with E-state index in [1.165, 1.54) is 29.9 Å². The van der Waals surface area contributed by atoms with E-state index in [2.05, 4.69) is 20.9 Å². The third-order valence-electron chi connectivity index (χ3n) is 4.63. The van der Waals surface area contributed by atoms with Gasteiger partial charge in [0, 0.05) is 31.7 Å². The first-order valence-electron chi connectivity index (χ1n) is 9.50. The number of carbonyl (C=O) groups is 2. The summed E-state index contributed by atoms with van der Waals surface area (Å²) in [6, 6.07) is 12.2. The summed E-state index contributed by atoms with van der Waals surface area (Å²) in [6.45, 7) is 4.22. The molecule has 0 atom stereocenters. The van der Waals surface area contributed by atoms with Crippen LogP contribution in [0.2, 0.25) is 0 Å². The molecule has 0 radical (unpaired) electrons. The van der Waals surface area contributed by atoms with Gasteiger partial charge in [-0.05, 0) is 43.7 Å². The smallest absolute Gasteiger partial charge is 0.263 e.